The number of piperazine rings is 1. The molecule has 0 spiro atoms. The number of anilines is 1. The number of phenolic OH excluding ortho intramolecular Hbond substituents is 1. The first-order valence-electron chi connectivity index (χ1n) is 7.57. The fourth-order valence-electron chi connectivity index (χ4n) is 2.25. The topological polar surface area (TPSA) is 100 Å². The molecule has 0 aliphatic carbocycles. The number of nitriles is 1. The van der Waals surface area contributed by atoms with Crippen molar-refractivity contribution in [2.45, 2.75) is 0 Å². The van der Waals surface area contributed by atoms with Gasteiger partial charge in [-0.15, -0.1) is 0 Å². The van der Waals surface area contributed by atoms with Gasteiger partial charge in [-0.1, -0.05) is 12.1 Å². The fourth-order valence-corrected chi connectivity index (χ4v) is 2.25. The zero-order chi connectivity index (χ0) is 16.5. The number of carbonyl (C=O) groups excluding carboxylic acids is 1. The van der Waals surface area contributed by atoms with E-state index in [1.807, 2.05) is 6.07 Å². The maximum Gasteiger partial charge on any atom is 0.267 e. The number of rotatable bonds is 6. The van der Waals surface area contributed by atoms with E-state index < -0.39 is 5.91 Å². The Morgan fingerprint density at radius 3 is 2.83 bits per heavy atom. The maximum atomic E-state index is 12.0. The molecule has 0 radical (unpaired) electrons. The van der Waals surface area contributed by atoms with Crippen LogP contribution in [0.25, 0.3) is 0 Å². The van der Waals surface area contributed by atoms with Crippen molar-refractivity contribution < 1.29 is 9.90 Å². The summed E-state index contributed by atoms with van der Waals surface area (Å²) in [5.41, 5.74) is 0.244. The number of hydrogen-bond acceptors (Lipinski definition) is 6. The van der Waals surface area contributed by atoms with Gasteiger partial charge < -0.3 is 21.1 Å². The third kappa shape index (κ3) is 5.29. The van der Waals surface area contributed by atoms with Crippen molar-refractivity contribution in [3.05, 3.63) is 36.0 Å². The van der Waals surface area contributed by atoms with Gasteiger partial charge in [0, 0.05) is 45.5 Å². The smallest absolute Gasteiger partial charge is 0.267 e. The molecular weight excluding hydrogens is 294 g/mol. The molecule has 1 aromatic rings. The SMILES string of the molecule is N#C/C(=C/NCCN1CCNCC1)C(=O)Nc1ccccc1O. The third-order valence-corrected chi connectivity index (χ3v) is 3.55. The van der Waals surface area contributed by atoms with E-state index in [0.29, 0.717) is 6.54 Å². The number of carbonyl (C=O) groups is 1. The number of benzene rings is 1. The molecule has 1 heterocycles. The Labute approximate surface area is 135 Å². The zero-order valence-electron chi connectivity index (χ0n) is 12.9. The minimum absolute atomic E-state index is 0.0337. The van der Waals surface area contributed by atoms with Gasteiger partial charge in [-0.25, -0.2) is 0 Å². The molecule has 1 aliphatic heterocycles. The fraction of sp³-hybridized carbons (Fsp3) is 0.375. The van der Waals surface area contributed by atoms with Gasteiger partial charge in [-0.2, -0.15) is 5.26 Å². The number of hydrogen-bond donors (Lipinski definition) is 4. The molecule has 2 rings (SSSR count). The lowest BCUT2D eigenvalue weighted by Gasteiger charge is -2.26. The van der Waals surface area contributed by atoms with Gasteiger partial charge in [0.1, 0.15) is 17.4 Å². The lowest BCUT2D eigenvalue weighted by Crippen LogP contribution is -2.45. The number of amides is 1. The highest BCUT2D eigenvalue weighted by Crippen LogP contribution is 2.21. The molecule has 0 aromatic heterocycles. The first-order chi connectivity index (χ1) is 11.2. The summed E-state index contributed by atoms with van der Waals surface area (Å²) in [5, 5.41) is 27.5. The van der Waals surface area contributed by atoms with Gasteiger partial charge in [-0.3, -0.25) is 9.69 Å². The van der Waals surface area contributed by atoms with Crippen molar-refractivity contribution in [3.8, 4) is 11.8 Å². The van der Waals surface area contributed by atoms with E-state index in [9.17, 15) is 9.90 Å². The Morgan fingerprint density at radius 1 is 1.39 bits per heavy atom. The van der Waals surface area contributed by atoms with E-state index in [0.717, 1.165) is 32.7 Å². The second-order valence-corrected chi connectivity index (χ2v) is 5.19. The summed E-state index contributed by atoms with van der Waals surface area (Å²) < 4.78 is 0. The van der Waals surface area contributed by atoms with Crippen molar-refractivity contribution in [2.75, 3.05) is 44.6 Å². The van der Waals surface area contributed by atoms with Gasteiger partial charge >= 0.3 is 0 Å². The predicted octanol–water partition coefficient (Wildman–Crippen LogP) is 0.233. The molecule has 0 atom stereocenters. The predicted molar refractivity (Wildman–Crippen MR) is 87.7 cm³/mol. The first kappa shape index (κ1) is 16.8. The minimum atomic E-state index is -0.552. The maximum absolute atomic E-state index is 12.0. The highest BCUT2D eigenvalue weighted by molar-refractivity contribution is 6.07. The number of nitrogens with one attached hydrogen (secondary N) is 3. The largest absolute Gasteiger partial charge is 0.506 e. The van der Waals surface area contributed by atoms with Crippen molar-refractivity contribution in [1.29, 1.82) is 5.26 Å². The van der Waals surface area contributed by atoms with Crippen LogP contribution in [0, 0.1) is 11.3 Å². The quantitative estimate of drug-likeness (QED) is 0.260. The van der Waals surface area contributed by atoms with E-state index in [1.165, 1.54) is 12.3 Å². The molecule has 1 amide bonds. The second kappa shape index (κ2) is 8.78. The van der Waals surface area contributed by atoms with Gasteiger partial charge in [-0.05, 0) is 12.1 Å². The van der Waals surface area contributed by atoms with E-state index >= 15 is 0 Å². The molecule has 1 aliphatic rings. The zero-order valence-corrected chi connectivity index (χ0v) is 12.9. The number of nitrogens with zero attached hydrogens (tertiary/aromatic N) is 2. The van der Waals surface area contributed by atoms with Crippen LogP contribution in [0.1, 0.15) is 0 Å². The molecule has 0 unspecified atom stereocenters. The molecule has 4 N–H and O–H groups in total. The summed E-state index contributed by atoms with van der Waals surface area (Å²) in [6.07, 6.45) is 1.41. The standard InChI is InChI=1S/C16H21N5O2/c17-11-13(12-19-7-10-21-8-5-18-6-9-21)16(23)20-14-3-1-2-4-15(14)22/h1-4,12,18-19,22H,5-10H2,(H,20,23)/b13-12-. The molecule has 122 valence electrons. The lowest BCUT2D eigenvalue weighted by atomic mass is 10.2. The highest BCUT2D eigenvalue weighted by atomic mass is 16.3. The van der Waals surface area contributed by atoms with E-state index in [1.54, 1.807) is 18.2 Å². The monoisotopic (exact) mass is 315 g/mol. The molecule has 0 bridgehead atoms. The van der Waals surface area contributed by atoms with Crippen LogP contribution >= 0.6 is 0 Å². The van der Waals surface area contributed by atoms with Crippen LogP contribution in [0.3, 0.4) is 0 Å². The second-order valence-electron chi connectivity index (χ2n) is 5.19. The summed E-state index contributed by atoms with van der Waals surface area (Å²) in [7, 11) is 0. The molecule has 1 aromatic carbocycles. The Balaban J connectivity index is 1.82. The molecule has 7 heteroatoms. The van der Waals surface area contributed by atoms with Crippen LogP contribution in [-0.4, -0.2) is 55.2 Å². The molecule has 23 heavy (non-hydrogen) atoms. The first-order valence-corrected chi connectivity index (χ1v) is 7.57. The number of para-hydroxylation sites is 2. The average molecular weight is 315 g/mol. The van der Waals surface area contributed by atoms with Crippen LogP contribution < -0.4 is 16.0 Å². The molecule has 1 fully saturated rings. The summed E-state index contributed by atoms with van der Waals surface area (Å²) in [6.45, 7) is 5.51. The highest BCUT2D eigenvalue weighted by Gasteiger charge is 2.11. The number of phenols is 1. The van der Waals surface area contributed by atoms with Crippen LogP contribution in [0.5, 0.6) is 5.75 Å². The number of aromatic hydroxyl groups is 1. The molecular formula is C16H21N5O2. The van der Waals surface area contributed by atoms with Gasteiger partial charge in [0.05, 0.1) is 5.69 Å². The van der Waals surface area contributed by atoms with Crippen LogP contribution in [-0.2, 0) is 4.79 Å². The Hall–Kier alpha value is -2.56. The van der Waals surface area contributed by atoms with Crippen molar-refractivity contribution >= 4 is 11.6 Å². The van der Waals surface area contributed by atoms with Crippen LogP contribution in [0.4, 0.5) is 5.69 Å². The van der Waals surface area contributed by atoms with E-state index in [4.69, 9.17) is 5.26 Å². The van der Waals surface area contributed by atoms with Crippen molar-refractivity contribution in [1.82, 2.24) is 15.5 Å². The van der Waals surface area contributed by atoms with Crippen LogP contribution in [0.15, 0.2) is 36.0 Å². The Morgan fingerprint density at radius 2 is 2.13 bits per heavy atom. The molecule has 0 saturated carbocycles. The van der Waals surface area contributed by atoms with Crippen molar-refractivity contribution in [2.24, 2.45) is 0 Å². The van der Waals surface area contributed by atoms with Gasteiger partial charge in [0.2, 0.25) is 0 Å². The third-order valence-electron chi connectivity index (χ3n) is 3.55. The average Bonchev–Trinajstić information content (AvgIpc) is 2.58. The minimum Gasteiger partial charge on any atom is -0.506 e. The Bertz CT molecular complexity index is 603. The molecule has 7 nitrogen and oxygen atoms in total. The molecule has 1 saturated heterocycles. The normalized spacial score (nSPS) is 15.7. The van der Waals surface area contributed by atoms with Gasteiger partial charge in [0.25, 0.3) is 5.91 Å². The summed E-state index contributed by atoms with van der Waals surface area (Å²) >= 11 is 0. The van der Waals surface area contributed by atoms with E-state index in [2.05, 4.69) is 20.9 Å². The Kier molecular flexibility index (Phi) is 6.41. The summed E-state index contributed by atoms with van der Waals surface area (Å²) in [5.74, 6) is -0.589. The van der Waals surface area contributed by atoms with Gasteiger partial charge in [0.15, 0.2) is 0 Å². The lowest BCUT2D eigenvalue weighted by molar-refractivity contribution is -0.112. The van der Waals surface area contributed by atoms with E-state index in [-0.39, 0.29) is 17.0 Å². The van der Waals surface area contributed by atoms with Crippen molar-refractivity contribution in [3.63, 3.8) is 0 Å². The summed E-state index contributed by atoms with van der Waals surface area (Å²) in [6, 6.07) is 8.25. The van der Waals surface area contributed by atoms with Crippen LogP contribution in [0.2, 0.25) is 0 Å². The summed E-state index contributed by atoms with van der Waals surface area (Å²) in [4.78, 5) is 14.3.